The first kappa shape index (κ1) is 18.7. The Balaban J connectivity index is 1.64. The monoisotopic (exact) mass is 389 g/mol. The summed E-state index contributed by atoms with van der Waals surface area (Å²) < 4.78 is 19.9. The smallest absolute Gasteiger partial charge is 0.349 e. The van der Waals surface area contributed by atoms with Gasteiger partial charge in [-0.15, -0.1) is 11.3 Å². The third kappa shape index (κ3) is 3.87. The van der Waals surface area contributed by atoms with Gasteiger partial charge in [-0.25, -0.2) is 14.2 Å². The minimum atomic E-state index is -0.710. The van der Waals surface area contributed by atoms with Crippen molar-refractivity contribution in [2.45, 2.75) is 13.5 Å². The van der Waals surface area contributed by atoms with Crippen LogP contribution >= 0.6 is 11.3 Å². The molecule has 9 heteroatoms. The molecule has 0 aliphatic heterocycles. The lowest BCUT2D eigenvalue weighted by Crippen LogP contribution is -2.28. The van der Waals surface area contributed by atoms with E-state index in [-0.39, 0.29) is 17.0 Å². The summed E-state index contributed by atoms with van der Waals surface area (Å²) in [4.78, 5) is 41.1. The number of fused-ring (bicyclic) bond motifs is 1. The summed E-state index contributed by atoms with van der Waals surface area (Å²) in [6.07, 6.45) is 1.38. The molecule has 1 aromatic carbocycles. The van der Waals surface area contributed by atoms with Crippen molar-refractivity contribution in [3.8, 4) is 0 Å². The average molecular weight is 389 g/mol. The highest BCUT2D eigenvalue weighted by Gasteiger charge is 2.21. The SMILES string of the molecule is Cc1c(C(=O)OCC(=O)NCc2ccccc2F)sc2ncn(C)c(=O)c12. The van der Waals surface area contributed by atoms with Gasteiger partial charge in [-0.3, -0.25) is 9.59 Å². The van der Waals surface area contributed by atoms with E-state index in [0.717, 1.165) is 11.3 Å². The van der Waals surface area contributed by atoms with E-state index in [0.29, 0.717) is 21.3 Å². The maximum Gasteiger partial charge on any atom is 0.349 e. The molecule has 7 nitrogen and oxygen atoms in total. The van der Waals surface area contributed by atoms with Gasteiger partial charge in [0, 0.05) is 19.2 Å². The van der Waals surface area contributed by atoms with Crippen molar-refractivity contribution < 1.29 is 18.7 Å². The summed E-state index contributed by atoms with van der Waals surface area (Å²) in [5.41, 5.74) is 0.551. The molecule has 1 amide bonds. The van der Waals surface area contributed by atoms with E-state index >= 15 is 0 Å². The third-order valence-electron chi connectivity index (χ3n) is 3.96. The van der Waals surface area contributed by atoms with Gasteiger partial charge in [0.2, 0.25) is 0 Å². The average Bonchev–Trinajstić information content (AvgIpc) is 2.99. The van der Waals surface area contributed by atoms with Gasteiger partial charge >= 0.3 is 5.97 Å². The van der Waals surface area contributed by atoms with E-state index in [1.54, 1.807) is 32.2 Å². The molecular weight excluding hydrogens is 373 g/mol. The Morgan fingerprint density at radius 1 is 1.33 bits per heavy atom. The summed E-state index contributed by atoms with van der Waals surface area (Å²) in [5.74, 6) is -1.69. The quantitative estimate of drug-likeness (QED) is 0.674. The van der Waals surface area contributed by atoms with Crippen LogP contribution in [0.15, 0.2) is 35.4 Å². The van der Waals surface area contributed by atoms with Crippen LogP contribution in [-0.2, 0) is 23.1 Å². The minimum Gasteiger partial charge on any atom is -0.451 e. The lowest BCUT2D eigenvalue weighted by Gasteiger charge is -2.07. The van der Waals surface area contributed by atoms with Gasteiger partial charge in [0.25, 0.3) is 11.5 Å². The zero-order valence-corrected chi connectivity index (χ0v) is 15.4. The van der Waals surface area contributed by atoms with Crippen LogP contribution in [0.1, 0.15) is 20.8 Å². The van der Waals surface area contributed by atoms with Gasteiger partial charge in [-0.2, -0.15) is 0 Å². The van der Waals surface area contributed by atoms with Gasteiger partial charge < -0.3 is 14.6 Å². The van der Waals surface area contributed by atoms with Gasteiger partial charge in [0.1, 0.15) is 15.5 Å². The lowest BCUT2D eigenvalue weighted by molar-refractivity contribution is -0.124. The zero-order chi connectivity index (χ0) is 19.6. The molecule has 0 bridgehead atoms. The molecule has 140 valence electrons. The van der Waals surface area contributed by atoms with E-state index < -0.39 is 24.3 Å². The van der Waals surface area contributed by atoms with E-state index in [9.17, 15) is 18.8 Å². The number of halogens is 1. The molecule has 0 atom stereocenters. The molecule has 0 unspecified atom stereocenters. The summed E-state index contributed by atoms with van der Waals surface area (Å²) in [5, 5.41) is 2.85. The first-order chi connectivity index (χ1) is 12.9. The summed E-state index contributed by atoms with van der Waals surface area (Å²) in [6.45, 7) is 1.12. The van der Waals surface area contributed by atoms with Crippen LogP contribution in [0.5, 0.6) is 0 Å². The van der Waals surface area contributed by atoms with Crippen LogP contribution in [0.3, 0.4) is 0 Å². The lowest BCUT2D eigenvalue weighted by atomic mass is 10.2. The number of hydrogen-bond acceptors (Lipinski definition) is 6. The predicted molar refractivity (Wildman–Crippen MR) is 98.1 cm³/mol. The number of hydrogen-bond donors (Lipinski definition) is 1. The molecule has 27 heavy (non-hydrogen) atoms. The Morgan fingerprint density at radius 2 is 2.07 bits per heavy atom. The third-order valence-corrected chi connectivity index (χ3v) is 5.14. The second-order valence-electron chi connectivity index (χ2n) is 5.84. The Morgan fingerprint density at radius 3 is 2.81 bits per heavy atom. The first-order valence-corrected chi connectivity index (χ1v) is 8.82. The Kier molecular flexibility index (Phi) is 5.31. The van der Waals surface area contributed by atoms with E-state index in [1.807, 2.05) is 0 Å². The minimum absolute atomic E-state index is 0.00899. The maximum absolute atomic E-state index is 13.5. The maximum atomic E-state index is 13.5. The number of amides is 1. The highest BCUT2D eigenvalue weighted by molar-refractivity contribution is 7.20. The number of rotatable bonds is 5. The van der Waals surface area contributed by atoms with Crippen molar-refractivity contribution >= 4 is 33.4 Å². The van der Waals surface area contributed by atoms with Crippen molar-refractivity contribution in [3.05, 3.63) is 62.8 Å². The van der Waals surface area contributed by atoms with Crippen molar-refractivity contribution in [2.75, 3.05) is 6.61 Å². The number of aryl methyl sites for hydroxylation is 2. The number of nitrogens with one attached hydrogen (secondary N) is 1. The van der Waals surface area contributed by atoms with E-state index in [1.165, 1.54) is 17.0 Å². The van der Waals surface area contributed by atoms with Crippen LogP contribution in [-0.4, -0.2) is 28.0 Å². The number of carbonyl (C=O) groups is 2. The van der Waals surface area contributed by atoms with Crippen molar-refractivity contribution in [1.29, 1.82) is 0 Å². The molecule has 0 spiro atoms. The number of ether oxygens (including phenoxy) is 1. The van der Waals surface area contributed by atoms with Crippen LogP contribution in [0, 0.1) is 12.7 Å². The van der Waals surface area contributed by atoms with Crippen molar-refractivity contribution in [2.24, 2.45) is 7.05 Å². The summed E-state index contributed by atoms with van der Waals surface area (Å²) in [7, 11) is 1.57. The van der Waals surface area contributed by atoms with E-state index in [2.05, 4.69) is 10.3 Å². The summed E-state index contributed by atoms with van der Waals surface area (Å²) >= 11 is 1.04. The fourth-order valence-electron chi connectivity index (χ4n) is 2.49. The normalized spacial score (nSPS) is 10.8. The highest BCUT2D eigenvalue weighted by Crippen LogP contribution is 2.27. The number of benzene rings is 1. The molecule has 0 radical (unpaired) electrons. The molecule has 0 saturated carbocycles. The molecule has 1 N–H and O–H groups in total. The Hall–Kier alpha value is -3.07. The number of carbonyl (C=O) groups excluding carboxylic acids is 2. The number of nitrogens with zero attached hydrogens (tertiary/aromatic N) is 2. The van der Waals surface area contributed by atoms with Gasteiger partial charge in [-0.05, 0) is 18.6 Å². The first-order valence-electron chi connectivity index (χ1n) is 8.00. The number of aromatic nitrogens is 2. The van der Waals surface area contributed by atoms with Crippen LogP contribution in [0.2, 0.25) is 0 Å². The molecule has 0 saturated heterocycles. The molecular formula is C18H16FN3O4S. The van der Waals surface area contributed by atoms with Gasteiger partial charge in [0.05, 0.1) is 11.7 Å². The fourth-order valence-corrected chi connectivity index (χ4v) is 3.52. The fraction of sp³-hybridized carbons (Fsp3) is 0.222. The van der Waals surface area contributed by atoms with Crippen molar-refractivity contribution in [3.63, 3.8) is 0 Å². The topological polar surface area (TPSA) is 90.3 Å². The van der Waals surface area contributed by atoms with E-state index in [4.69, 9.17) is 4.74 Å². The Labute approximate surface area is 157 Å². The standard InChI is InChI=1S/C18H16FN3O4S/c1-10-14-16(21-9-22(2)17(14)24)27-15(10)18(25)26-8-13(23)20-7-11-5-3-4-6-12(11)19/h3-6,9H,7-8H2,1-2H3,(H,20,23). The van der Waals surface area contributed by atoms with Gasteiger partial charge in [-0.1, -0.05) is 18.2 Å². The van der Waals surface area contributed by atoms with Crippen LogP contribution < -0.4 is 10.9 Å². The number of thiophene rings is 1. The zero-order valence-electron chi connectivity index (χ0n) is 14.6. The molecule has 2 aromatic heterocycles. The molecule has 0 aliphatic carbocycles. The molecule has 2 heterocycles. The predicted octanol–water partition coefficient (Wildman–Crippen LogP) is 1.92. The molecule has 0 fully saturated rings. The molecule has 3 rings (SSSR count). The van der Waals surface area contributed by atoms with Crippen molar-refractivity contribution in [1.82, 2.24) is 14.9 Å². The van der Waals surface area contributed by atoms with Crippen LogP contribution in [0.25, 0.3) is 10.2 Å². The largest absolute Gasteiger partial charge is 0.451 e. The second kappa shape index (κ2) is 7.67. The molecule has 0 aliphatic rings. The summed E-state index contributed by atoms with van der Waals surface area (Å²) in [6, 6.07) is 6.06. The second-order valence-corrected chi connectivity index (χ2v) is 6.84. The molecule has 3 aromatic rings. The number of esters is 1. The van der Waals surface area contributed by atoms with Crippen LogP contribution in [0.4, 0.5) is 4.39 Å². The van der Waals surface area contributed by atoms with Gasteiger partial charge in [0.15, 0.2) is 6.61 Å². The highest BCUT2D eigenvalue weighted by atomic mass is 32.1. The Bertz CT molecular complexity index is 1090.